The van der Waals surface area contributed by atoms with Crippen LogP contribution in [0.25, 0.3) is 0 Å². The van der Waals surface area contributed by atoms with E-state index in [0.717, 1.165) is 18.8 Å². The average Bonchev–Trinajstić information content (AvgIpc) is 2.76. The summed E-state index contributed by atoms with van der Waals surface area (Å²) in [5.41, 5.74) is 6.64. The average molecular weight is 221 g/mol. The predicted octanol–water partition coefficient (Wildman–Crippen LogP) is 1.54. The summed E-state index contributed by atoms with van der Waals surface area (Å²) >= 11 is 0. The van der Waals surface area contributed by atoms with Gasteiger partial charge in [-0.05, 0) is 44.2 Å². The van der Waals surface area contributed by atoms with Crippen molar-refractivity contribution >= 4 is 0 Å². The molecule has 1 aliphatic rings. The van der Waals surface area contributed by atoms with E-state index in [0.29, 0.717) is 17.7 Å². The first-order chi connectivity index (χ1) is 7.79. The molecule has 1 aromatic rings. The number of aromatic nitrogens is 2. The number of nitrogens with two attached hydrogens (primary N) is 1. The van der Waals surface area contributed by atoms with Crippen LogP contribution in [0.2, 0.25) is 0 Å². The molecule has 2 unspecified atom stereocenters. The number of aryl methyl sites for hydroxylation is 1. The summed E-state index contributed by atoms with van der Waals surface area (Å²) in [7, 11) is 0. The van der Waals surface area contributed by atoms with E-state index in [1.165, 1.54) is 19.3 Å². The van der Waals surface area contributed by atoms with Gasteiger partial charge in [0.2, 0.25) is 5.88 Å². The van der Waals surface area contributed by atoms with Crippen molar-refractivity contribution in [2.75, 3.05) is 13.2 Å². The predicted molar refractivity (Wildman–Crippen MR) is 62.1 cm³/mol. The van der Waals surface area contributed by atoms with Gasteiger partial charge in [-0.1, -0.05) is 6.42 Å². The van der Waals surface area contributed by atoms with Gasteiger partial charge in [0.1, 0.15) is 0 Å². The lowest BCUT2D eigenvalue weighted by Crippen LogP contribution is -2.23. The molecule has 0 spiro atoms. The third-order valence-electron chi connectivity index (χ3n) is 3.34. The molecular formula is C12H19N3O. The van der Waals surface area contributed by atoms with Crippen molar-refractivity contribution < 1.29 is 4.74 Å². The van der Waals surface area contributed by atoms with Crippen LogP contribution in [-0.2, 0) is 0 Å². The molecular weight excluding hydrogens is 202 g/mol. The summed E-state index contributed by atoms with van der Waals surface area (Å²) in [6.07, 6.45) is 3.74. The maximum atomic E-state index is 5.73. The molecule has 0 aliphatic heterocycles. The van der Waals surface area contributed by atoms with Gasteiger partial charge in [-0.15, -0.1) is 5.10 Å². The fraction of sp³-hybridized carbons (Fsp3) is 0.667. The van der Waals surface area contributed by atoms with Gasteiger partial charge in [-0.25, -0.2) is 0 Å². The van der Waals surface area contributed by atoms with Crippen LogP contribution in [0.3, 0.4) is 0 Å². The highest BCUT2D eigenvalue weighted by Gasteiger charge is 2.26. The molecule has 4 heteroatoms. The van der Waals surface area contributed by atoms with Gasteiger partial charge >= 0.3 is 0 Å². The van der Waals surface area contributed by atoms with Gasteiger partial charge < -0.3 is 10.5 Å². The minimum atomic E-state index is 0.591. The zero-order chi connectivity index (χ0) is 11.4. The maximum absolute atomic E-state index is 5.73. The Balaban J connectivity index is 1.85. The number of nitrogens with zero attached hydrogens (tertiary/aromatic N) is 2. The molecule has 0 radical (unpaired) electrons. The van der Waals surface area contributed by atoms with E-state index in [1.54, 1.807) is 0 Å². The first-order valence-corrected chi connectivity index (χ1v) is 5.93. The normalized spacial score (nSPS) is 24.6. The molecule has 1 aromatic heterocycles. The van der Waals surface area contributed by atoms with Crippen LogP contribution < -0.4 is 10.5 Å². The summed E-state index contributed by atoms with van der Waals surface area (Å²) in [5, 5.41) is 7.95. The SMILES string of the molecule is Cc1ccc(OCC2CCCC2CN)nn1. The van der Waals surface area contributed by atoms with Crippen molar-refractivity contribution in [3.8, 4) is 5.88 Å². The zero-order valence-corrected chi connectivity index (χ0v) is 9.72. The minimum Gasteiger partial charge on any atom is -0.476 e. The fourth-order valence-electron chi connectivity index (χ4n) is 2.30. The summed E-state index contributed by atoms with van der Waals surface area (Å²) in [4.78, 5) is 0. The molecule has 0 aromatic carbocycles. The van der Waals surface area contributed by atoms with E-state index in [9.17, 15) is 0 Å². The Morgan fingerprint density at radius 2 is 2.12 bits per heavy atom. The third-order valence-corrected chi connectivity index (χ3v) is 3.34. The summed E-state index contributed by atoms with van der Waals surface area (Å²) in [6, 6.07) is 3.78. The Bertz CT molecular complexity index is 326. The lowest BCUT2D eigenvalue weighted by atomic mass is 9.97. The molecule has 88 valence electrons. The van der Waals surface area contributed by atoms with E-state index < -0.39 is 0 Å². The molecule has 1 saturated carbocycles. The van der Waals surface area contributed by atoms with E-state index in [-0.39, 0.29) is 0 Å². The molecule has 1 heterocycles. The standard InChI is InChI=1S/C12H19N3O/c1-9-5-6-12(15-14-9)16-8-11-4-2-3-10(11)7-13/h5-6,10-11H,2-4,7-8,13H2,1H3. The number of hydrogen-bond donors (Lipinski definition) is 1. The van der Waals surface area contributed by atoms with Crippen molar-refractivity contribution in [3.05, 3.63) is 17.8 Å². The van der Waals surface area contributed by atoms with Gasteiger partial charge in [0.25, 0.3) is 0 Å². The van der Waals surface area contributed by atoms with Crippen molar-refractivity contribution in [3.63, 3.8) is 0 Å². The van der Waals surface area contributed by atoms with E-state index >= 15 is 0 Å². The maximum Gasteiger partial charge on any atom is 0.233 e. The van der Waals surface area contributed by atoms with Crippen LogP contribution in [0.4, 0.5) is 0 Å². The summed E-state index contributed by atoms with van der Waals surface area (Å²) in [5.74, 6) is 1.83. The number of hydrogen-bond acceptors (Lipinski definition) is 4. The monoisotopic (exact) mass is 221 g/mol. The first-order valence-electron chi connectivity index (χ1n) is 5.93. The molecule has 0 bridgehead atoms. The largest absolute Gasteiger partial charge is 0.476 e. The minimum absolute atomic E-state index is 0.591. The van der Waals surface area contributed by atoms with Gasteiger partial charge in [-0.2, -0.15) is 5.10 Å². The molecule has 2 rings (SSSR count). The van der Waals surface area contributed by atoms with E-state index in [1.807, 2.05) is 19.1 Å². The molecule has 1 fully saturated rings. The topological polar surface area (TPSA) is 61.0 Å². The third kappa shape index (κ3) is 2.70. The van der Waals surface area contributed by atoms with E-state index in [2.05, 4.69) is 10.2 Å². The Morgan fingerprint density at radius 3 is 2.81 bits per heavy atom. The molecule has 2 atom stereocenters. The highest BCUT2D eigenvalue weighted by Crippen LogP contribution is 2.31. The van der Waals surface area contributed by atoms with Crippen molar-refractivity contribution in [1.82, 2.24) is 10.2 Å². The molecule has 0 amide bonds. The smallest absolute Gasteiger partial charge is 0.233 e. The fourth-order valence-corrected chi connectivity index (χ4v) is 2.30. The Labute approximate surface area is 96.2 Å². The van der Waals surface area contributed by atoms with Crippen LogP contribution >= 0.6 is 0 Å². The summed E-state index contributed by atoms with van der Waals surface area (Å²) in [6.45, 7) is 3.41. The Hall–Kier alpha value is -1.16. The number of rotatable bonds is 4. The van der Waals surface area contributed by atoms with Gasteiger partial charge in [0.05, 0.1) is 12.3 Å². The highest BCUT2D eigenvalue weighted by atomic mass is 16.5. The Morgan fingerprint density at radius 1 is 1.31 bits per heavy atom. The van der Waals surface area contributed by atoms with Crippen LogP contribution in [0.1, 0.15) is 25.0 Å². The molecule has 0 saturated heterocycles. The first kappa shape index (κ1) is 11.3. The zero-order valence-electron chi connectivity index (χ0n) is 9.72. The van der Waals surface area contributed by atoms with Crippen LogP contribution in [0.5, 0.6) is 5.88 Å². The van der Waals surface area contributed by atoms with Gasteiger partial charge in [0, 0.05) is 6.07 Å². The Kier molecular flexibility index (Phi) is 3.72. The van der Waals surface area contributed by atoms with Crippen molar-refractivity contribution in [1.29, 1.82) is 0 Å². The lowest BCUT2D eigenvalue weighted by Gasteiger charge is -2.17. The molecule has 1 aliphatic carbocycles. The van der Waals surface area contributed by atoms with Crippen LogP contribution in [0.15, 0.2) is 12.1 Å². The van der Waals surface area contributed by atoms with Crippen molar-refractivity contribution in [2.45, 2.75) is 26.2 Å². The van der Waals surface area contributed by atoms with Gasteiger partial charge in [0.15, 0.2) is 0 Å². The quantitative estimate of drug-likeness (QED) is 0.837. The number of ether oxygens (including phenoxy) is 1. The lowest BCUT2D eigenvalue weighted by molar-refractivity contribution is 0.208. The molecule has 16 heavy (non-hydrogen) atoms. The van der Waals surface area contributed by atoms with Crippen LogP contribution in [-0.4, -0.2) is 23.3 Å². The van der Waals surface area contributed by atoms with Gasteiger partial charge in [-0.3, -0.25) is 0 Å². The highest BCUT2D eigenvalue weighted by molar-refractivity contribution is 5.10. The van der Waals surface area contributed by atoms with Crippen LogP contribution in [0, 0.1) is 18.8 Å². The summed E-state index contributed by atoms with van der Waals surface area (Å²) < 4.78 is 5.65. The second kappa shape index (κ2) is 5.25. The second-order valence-electron chi connectivity index (χ2n) is 4.51. The molecule has 2 N–H and O–H groups in total. The molecule has 4 nitrogen and oxygen atoms in total. The van der Waals surface area contributed by atoms with Crippen molar-refractivity contribution in [2.24, 2.45) is 17.6 Å². The van der Waals surface area contributed by atoms with E-state index in [4.69, 9.17) is 10.5 Å². The second-order valence-corrected chi connectivity index (χ2v) is 4.51.